The van der Waals surface area contributed by atoms with Gasteiger partial charge in [-0.25, -0.2) is 0 Å². The zero-order valence-electron chi connectivity index (χ0n) is 15.9. The molecule has 0 N–H and O–H groups in total. The Morgan fingerprint density at radius 3 is 1.43 bits per heavy atom. The summed E-state index contributed by atoms with van der Waals surface area (Å²) in [5, 5.41) is 5.12. The first-order valence-electron chi connectivity index (χ1n) is 9.72. The first-order valence-corrected chi connectivity index (χ1v) is 9.72. The highest BCUT2D eigenvalue weighted by atomic mass is 14.2. The Balaban J connectivity index is 1.88. The maximum Gasteiger partial charge on any atom is 0.0644 e. The van der Waals surface area contributed by atoms with E-state index >= 15 is 0 Å². The van der Waals surface area contributed by atoms with E-state index < -0.39 is 0 Å². The smallest absolute Gasteiger partial charge is 0.0620 e. The second-order valence-electron chi connectivity index (χ2n) is 7.24. The van der Waals surface area contributed by atoms with E-state index in [1.165, 1.54) is 49.7 Å². The van der Waals surface area contributed by atoms with Gasteiger partial charge in [0.1, 0.15) is 0 Å². The summed E-state index contributed by atoms with van der Waals surface area (Å²) in [5.74, 6) is 1.30. The summed E-state index contributed by atoms with van der Waals surface area (Å²) in [6, 6.07) is 39.2. The Labute approximate surface area is 166 Å². The molecular formula is C28H21. The zero-order valence-corrected chi connectivity index (χ0v) is 15.9. The third-order valence-corrected chi connectivity index (χ3v) is 5.53. The molecule has 0 aliphatic rings. The van der Waals surface area contributed by atoms with Crippen LogP contribution in [0.5, 0.6) is 0 Å². The van der Waals surface area contributed by atoms with E-state index in [9.17, 15) is 0 Å². The quantitative estimate of drug-likeness (QED) is 0.297. The van der Waals surface area contributed by atoms with Crippen LogP contribution in [0, 0.1) is 12.8 Å². The molecule has 0 aliphatic carbocycles. The molecule has 0 spiro atoms. The zero-order chi connectivity index (χ0) is 18.9. The molecule has 0 aliphatic heterocycles. The maximum absolute atomic E-state index is 2.26. The van der Waals surface area contributed by atoms with Crippen LogP contribution in [0.15, 0.2) is 109 Å². The lowest BCUT2D eigenvalue weighted by atomic mass is 9.79. The second-order valence-corrected chi connectivity index (χ2v) is 7.24. The van der Waals surface area contributed by atoms with E-state index in [1.807, 2.05) is 0 Å². The largest absolute Gasteiger partial charge is 0.0644 e. The molecule has 0 fully saturated rings. The lowest BCUT2D eigenvalue weighted by molar-refractivity contribution is 1.22. The van der Waals surface area contributed by atoms with E-state index in [0.717, 1.165) is 0 Å². The van der Waals surface area contributed by atoms with Gasteiger partial charge in [0.2, 0.25) is 0 Å². The molecule has 1 radical (unpaired) electrons. The van der Waals surface area contributed by atoms with E-state index in [2.05, 4.69) is 116 Å². The molecule has 133 valence electrons. The molecule has 0 bridgehead atoms. The van der Waals surface area contributed by atoms with Crippen molar-refractivity contribution in [2.24, 2.45) is 0 Å². The van der Waals surface area contributed by atoms with Gasteiger partial charge in [-0.2, -0.15) is 0 Å². The van der Waals surface area contributed by atoms with Crippen LogP contribution in [0.2, 0.25) is 0 Å². The highest BCUT2D eigenvalue weighted by molar-refractivity contribution is 5.94. The molecule has 28 heavy (non-hydrogen) atoms. The van der Waals surface area contributed by atoms with Crippen molar-refractivity contribution in [2.45, 2.75) is 6.92 Å². The summed E-state index contributed by atoms with van der Waals surface area (Å²) in [5.41, 5.74) is 5.14. The summed E-state index contributed by atoms with van der Waals surface area (Å²) in [7, 11) is 0. The second kappa shape index (κ2) is 6.98. The predicted octanol–water partition coefficient (Wildman–Crippen LogP) is 7.32. The fraction of sp³-hybridized carbons (Fsp3) is 0.0357. The van der Waals surface area contributed by atoms with Gasteiger partial charge in [-0.1, -0.05) is 109 Å². The van der Waals surface area contributed by atoms with E-state index in [1.54, 1.807) is 0 Å². The average Bonchev–Trinajstić information content (AvgIpc) is 2.75. The van der Waals surface area contributed by atoms with E-state index in [4.69, 9.17) is 0 Å². The molecule has 0 unspecified atom stereocenters. The van der Waals surface area contributed by atoms with Crippen LogP contribution in [0.25, 0.3) is 21.5 Å². The lowest BCUT2D eigenvalue weighted by Crippen LogP contribution is -2.07. The minimum absolute atomic E-state index is 1.27. The Kier molecular flexibility index (Phi) is 4.18. The number of rotatable bonds is 3. The number of hydrogen-bond acceptors (Lipinski definition) is 0. The predicted molar refractivity (Wildman–Crippen MR) is 120 cm³/mol. The maximum atomic E-state index is 2.26. The topological polar surface area (TPSA) is 0 Å². The summed E-state index contributed by atoms with van der Waals surface area (Å²) in [6.45, 7) is 2.20. The van der Waals surface area contributed by atoms with Crippen molar-refractivity contribution in [1.29, 1.82) is 0 Å². The fourth-order valence-corrected chi connectivity index (χ4v) is 4.18. The van der Waals surface area contributed by atoms with Crippen LogP contribution >= 0.6 is 0 Å². The van der Waals surface area contributed by atoms with Gasteiger partial charge in [-0.05, 0) is 50.7 Å². The summed E-state index contributed by atoms with van der Waals surface area (Å²) in [6.07, 6.45) is 0. The highest BCUT2D eigenvalue weighted by Crippen LogP contribution is 2.39. The van der Waals surface area contributed by atoms with Gasteiger partial charge in [0, 0.05) is 0 Å². The standard InChI is InChI=1S/C28H21/c1-20-10-2-5-15-23(20)28(26-18-8-13-21-11-3-6-16-24(21)26)27-19-9-14-22-12-4-7-17-25(22)27/h2-19H,1H3. The SMILES string of the molecule is Cc1ccccc1[C](c1cccc2ccccc12)c1cccc2ccccc12. The van der Waals surface area contributed by atoms with Crippen molar-refractivity contribution >= 4 is 21.5 Å². The third-order valence-electron chi connectivity index (χ3n) is 5.53. The van der Waals surface area contributed by atoms with Crippen LogP contribution in [0.4, 0.5) is 0 Å². The monoisotopic (exact) mass is 357 g/mol. The van der Waals surface area contributed by atoms with Crippen LogP contribution < -0.4 is 0 Å². The normalized spacial score (nSPS) is 11.4. The minimum Gasteiger partial charge on any atom is -0.0620 e. The first-order chi connectivity index (χ1) is 13.8. The van der Waals surface area contributed by atoms with Gasteiger partial charge < -0.3 is 0 Å². The molecule has 0 aromatic heterocycles. The highest BCUT2D eigenvalue weighted by Gasteiger charge is 2.23. The first kappa shape index (κ1) is 16.8. The van der Waals surface area contributed by atoms with Gasteiger partial charge in [-0.3, -0.25) is 0 Å². The summed E-state index contributed by atoms with van der Waals surface area (Å²) in [4.78, 5) is 0. The van der Waals surface area contributed by atoms with Crippen LogP contribution in [-0.4, -0.2) is 0 Å². The minimum atomic E-state index is 1.27. The van der Waals surface area contributed by atoms with Gasteiger partial charge in [0.15, 0.2) is 0 Å². The Morgan fingerprint density at radius 1 is 0.429 bits per heavy atom. The molecule has 0 nitrogen and oxygen atoms in total. The van der Waals surface area contributed by atoms with Crippen LogP contribution in [0.3, 0.4) is 0 Å². The Hall–Kier alpha value is -3.38. The van der Waals surface area contributed by atoms with Crippen molar-refractivity contribution in [1.82, 2.24) is 0 Å². The van der Waals surface area contributed by atoms with Crippen molar-refractivity contribution in [3.05, 3.63) is 137 Å². The molecule has 0 atom stereocenters. The fourth-order valence-electron chi connectivity index (χ4n) is 4.18. The van der Waals surface area contributed by atoms with Crippen LogP contribution in [-0.2, 0) is 0 Å². The number of fused-ring (bicyclic) bond motifs is 2. The van der Waals surface area contributed by atoms with E-state index in [-0.39, 0.29) is 0 Å². The molecule has 0 amide bonds. The summed E-state index contributed by atoms with van der Waals surface area (Å²) < 4.78 is 0. The molecule has 0 heteroatoms. The summed E-state index contributed by atoms with van der Waals surface area (Å²) >= 11 is 0. The third kappa shape index (κ3) is 2.78. The molecule has 5 aromatic carbocycles. The number of benzene rings is 5. The van der Waals surface area contributed by atoms with Crippen molar-refractivity contribution in [3.8, 4) is 0 Å². The average molecular weight is 357 g/mol. The van der Waals surface area contributed by atoms with Crippen LogP contribution in [0.1, 0.15) is 22.3 Å². The Morgan fingerprint density at radius 2 is 0.857 bits per heavy atom. The van der Waals surface area contributed by atoms with Gasteiger partial charge >= 0.3 is 0 Å². The van der Waals surface area contributed by atoms with E-state index in [0.29, 0.717) is 0 Å². The van der Waals surface area contributed by atoms with Crippen molar-refractivity contribution in [2.75, 3.05) is 0 Å². The molecule has 0 heterocycles. The molecule has 5 aromatic rings. The molecular weight excluding hydrogens is 336 g/mol. The lowest BCUT2D eigenvalue weighted by Gasteiger charge is -2.23. The van der Waals surface area contributed by atoms with Gasteiger partial charge in [0.05, 0.1) is 5.92 Å². The van der Waals surface area contributed by atoms with Gasteiger partial charge in [-0.15, -0.1) is 0 Å². The molecule has 0 saturated carbocycles. The number of hydrogen-bond donors (Lipinski definition) is 0. The van der Waals surface area contributed by atoms with Crippen molar-refractivity contribution < 1.29 is 0 Å². The van der Waals surface area contributed by atoms with Gasteiger partial charge in [0.25, 0.3) is 0 Å². The molecule has 0 saturated heterocycles. The molecule has 5 rings (SSSR count). The number of aryl methyl sites for hydroxylation is 1. The Bertz CT molecular complexity index is 1190. The van der Waals surface area contributed by atoms with Crippen molar-refractivity contribution in [3.63, 3.8) is 0 Å².